The lowest BCUT2D eigenvalue weighted by molar-refractivity contribution is -0.131. The average molecular weight is 329 g/mol. The highest BCUT2D eigenvalue weighted by molar-refractivity contribution is 5.83. The Bertz CT molecular complexity index is 536. The second-order valence-corrected chi connectivity index (χ2v) is 7.75. The van der Waals surface area contributed by atoms with E-state index in [1.165, 1.54) is 5.56 Å². The van der Waals surface area contributed by atoms with E-state index in [0.29, 0.717) is 11.8 Å². The van der Waals surface area contributed by atoms with Crippen LogP contribution < -0.4 is 5.32 Å². The molecule has 2 atom stereocenters. The molecule has 0 aliphatic carbocycles. The predicted molar refractivity (Wildman–Crippen MR) is 102 cm³/mol. The first-order valence-corrected chi connectivity index (χ1v) is 9.21. The van der Waals surface area contributed by atoms with E-state index in [4.69, 9.17) is 0 Å². The summed E-state index contributed by atoms with van der Waals surface area (Å²) in [6.45, 7) is 10.6. The van der Waals surface area contributed by atoms with Crippen LogP contribution in [0.4, 0.5) is 0 Å². The smallest absolute Gasteiger partial charge is 0.237 e. The number of benzene rings is 1. The lowest BCUT2D eigenvalue weighted by atomic mass is 9.95. The number of carbonyl (C=O) groups excluding carboxylic acids is 1. The lowest BCUT2D eigenvalue weighted by Crippen LogP contribution is -2.60. The Morgan fingerprint density at radius 3 is 2.42 bits per heavy atom. The van der Waals surface area contributed by atoms with Crippen molar-refractivity contribution in [3.05, 3.63) is 42.0 Å². The minimum Gasteiger partial charge on any atom is -0.351 e. The van der Waals surface area contributed by atoms with Gasteiger partial charge in [0.25, 0.3) is 0 Å². The van der Waals surface area contributed by atoms with Crippen LogP contribution in [0.25, 0.3) is 6.08 Å². The predicted octanol–water partition coefficient (Wildman–Crippen LogP) is 3.96. The first-order chi connectivity index (χ1) is 11.5. The van der Waals surface area contributed by atoms with Crippen LogP contribution in [0.1, 0.15) is 46.1 Å². The molecule has 0 radical (unpaired) electrons. The molecule has 0 saturated carbocycles. The number of hydrogen-bond acceptors (Lipinski definition) is 2. The number of nitrogens with one attached hydrogen (secondary N) is 1. The third kappa shape index (κ3) is 5.79. The Labute approximate surface area is 147 Å². The van der Waals surface area contributed by atoms with Gasteiger partial charge in [0.1, 0.15) is 0 Å². The maximum Gasteiger partial charge on any atom is 0.237 e. The van der Waals surface area contributed by atoms with Gasteiger partial charge in [-0.2, -0.15) is 0 Å². The van der Waals surface area contributed by atoms with E-state index in [-0.39, 0.29) is 18.0 Å². The van der Waals surface area contributed by atoms with Crippen LogP contribution in [-0.4, -0.2) is 36.0 Å². The zero-order valence-corrected chi connectivity index (χ0v) is 15.5. The van der Waals surface area contributed by atoms with Gasteiger partial charge >= 0.3 is 0 Å². The van der Waals surface area contributed by atoms with Gasteiger partial charge in [-0.25, -0.2) is 0 Å². The van der Waals surface area contributed by atoms with Gasteiger partial charge in [-0.3, -0.25) is 9.69 Å². The summed E-state index contributed by atoms with van der Waals surface area (Å²) < 4.78 is 0. The summed E-state index contributed by atoms with van der Waals surface area (Å²) in [5, 5.41) is 3.24. The third-order valence-electron chi connectivity index (χ3n) is 4.45. The van der Waals surface area contributed by atoms with Gasteiger partial charge in [-0.1, -0.05) is 70.2 Å². The zero-order valence-electron chi connectivity index (χ0n) is 15.5. The lowest BCUT2D eigenvalue weighted by Gasteiger charge is -2.40. The van der Waals surface area contributed by atoms with Gasteiger partial charge in [0.2, 0.25) is 5.91 Å². The van der Waals surface area contributed by atoms with Crippen molar-refractivity contribution in [3.8, 4) is 0 Å². The number of rotatable bonds is 7. The third-order valence-corrected chi connectivity index (χ3v) is 4.45. The van der Waals surface area contributed by atoms with Crippen LogP contribution in [0.15, 0.2) is 36.4 Å². The van der Waals surface area contributed by atoms with E-state index in [1.54, 1.807) is 0 Å². The molecule has 1 aromatic rings. The number of hydrogen-bond donors (Lipinski definition) is 1. The van der Waals surface area contributed by atoms with Crippen molar-refractivity contribution < 1.29 is 4.79 Å². The van der Waals surface area contributed by atoms with Crippen molar-refractivity contribution in [2.24, 2.45) is 11.8 Å². The second-order valence-electron chi connectivity index (χ2n) is 7.75. The van der Waals surface area contributed by atoms with Crippen molar-refractivity contribution in [2.75, 3.05) is 13.1 Å². The molecule has 2 rings (SSSR count). The molecule has 0 aromatic heterocycles. The molecule has 24 heavy (non-hydrogen) atoms. The highest BCUT2D eigenvalue weighted by Crippen LogP contribution is 2.19. The first kappa shape index (κ1) is 18.7. The van der Waals surface area contributed by atoms with Gasteiger partial charge in [0.05, 0.1) is 6.04 Å². The number of nitrogens with zero attached hydrogens (tertiary/aromatic N) is 1. The summed E-state index contributed by atoms with van der Waals surface area (Å²) >= 11 is 0. The number of amides is 1. The molecule has 1 saturated heterocycles. The fraction of sp³-hybridized carbons (Fsp3) is 0.571. The minimum absolute atomic E-state index is 0.00571. The summed E-state index contributed by atoms with van der Waals surface area (Å²) in [5.74, 6) is 1.32. The summed E-state index contributed by atoms with van der Waals surface area (Å²) in [6, 6.07) is 10.6. The van der Waals surface area contributed by atoms with E-state index >= 15 is 0 Å². The van der Waals surface area contributed by atoms with E-state index in [1.807, 2.05) is 18.2 Å². The Kier molecular flexibility index (Phi) is 7.04. The Morgan fingerprint density at radius 1 is 1.12 bits per heavy atom. The monoisotopic (exact) mass is 328 g/mol. The van der Waals surface area contributed by atoms with Gasteiger partial charge in [-0.15, -0.1) is 0 Å². The molecule has 1 amide bonds. The fourth-order valence-corrected chi connectivity index (χ4v) is 3.41. The number of carbonyl (C=O) groups is 1. The zero-order chi connectivity index (χ0) is 17.5. The Balaban J connectivity index is 2.04. The van der Waals surface area contributed by atoms with Crippen molar-refractivity contribution in [1.82, 2.24) is 10.2 Å². The first-order valence-electron chi connectivity index (χ1n) is 9.21. The minimum atomic E-state index is -0.00571. The van der Waals surface area contributed by atoms with Gasteiger partial charge in [0.15, 0.2) is 0 Å². The van der Waals surface area contributed by atoms with Crippen molar-refractivity contribution in [2.45, 2.75) is 52.6 Å². The molecule has 1 N–H and O–H groups in total. The van der Waals surface area contributed by atoms with E-state index in [9.17, 15) is 4.79 Å². The Hall–Kier alpha value is -1.61. The quantitative estimate of drug-likeness (QED) is 0.821. The van der Waals surface area contributed by atoms with Crippen LogP contribution in [0.5, 0.6) is 0 Å². The van der Waals surface area contributed by atoms with Crippen molar-refractivity contribution >= 4 is 12.0 Å². The van der Waals surface area contributed by atoms with Crippen LogP contribution in [-0.2, 0) is 4.79 Å². The van der Waals surface area contributed by atoms with Gasteiger partial charge in [-0.05, 0) is 30.2 Å². The highest BCUT2D eigenvalue weighted by atomic mass is 16.2. The normalized spacial score (nSPS) is 22.5. The topological polar surface area (TPSA) is 32.3 Å². The second kappa shape index (κ2) is 9.03. The largest absolute Gasteiger partial charge is 0.351 e. The SMILES string of the molecule is CC(C)C[C@H]1CN(CC=Cc2ccccc2)[C@@H](CC(C)C)C(=O)N1. The van der Waals surface area contributed by atoms with E-state index in [2.05, 4.69) is 62.2 Å². The molecule has 1 aliphatic rings. The summed E-state index contributed by atoms with van der Waals surface area (Å²) in [6.07, 6.45) is 6.29. The van der Waals surface area contributed by atoms with Crippen molar-refractivity contribution in [3.63, 3.8) is 0 Å². The molecule has 0 bridgehead atoms. The highest BCUT2D eigenvalue weighted by Gasteiger charge is 2.34. The Morgan fingerprint density at radius 2 is 1.79 bits per heavy atom. The molecule has 1 aliphatic heterocycles. The van der Waals surface area contributed by atoms with Crippen LogP contribution in [0.3, 0.4) is 0 Å². The summed E-state index contributed by atoms with van der Waals surface area (Å²) in [4.78, 5) is 14.9. The van der Waals surface area contributed by atoms with Gasteiger partial charge < -0.3 is 5.32 Å². The molecule has 3 heteroatoms. The molecular weight excluding hydrogens is 296 g/mol. The molecular formula is C21H32N2O. The average Bonchev–Trinajstić information content (AvgIpc) is 2.51. The van der Waals surface area contributed by atoms with E-state index < -0.39 is 0 Å². The number of piperazine rings is 1. The molecule has 1 fully saturated rings. The molecule has 1 aromatic carbocycles. The summed E-state index contributed by atoms with van der Waals surface area (Å²) in [7, 11) is 0. The maximum atomic E-state index is 12.6. The molecule has 0 spiro atoms. The fourth-order valence-electron chi connectivity index (χ4n) is 3.41. The maximum absolute atomic E-state index is 12.6. The van der Waals surface area contributed by atoms with Crippen LogP contribution in [0.2, 0.25) is 0 Å². The van der Waals surface area contributed by atoms with Crippen LogP contribution in [0, 0.1) is 11.8 Å². The standard InChI is InChI=1S/C21H32N2O/c1-16(2)13-19-15-23(20(14-17(3)4)21(24)22-19)12-8-11-18-9-6-5-7-10-18/h5-11,16-17,19-20H,12-15H2,1-4H3,(H,22,24)/t19-,20-/m0/s1. The van der Waals surface area contributed by atoms with E-state index in [0.717, 1.165) is 25.9 Å². The van der Waals surface area contributed by atoms with Crippen LogP contribution >= 0.6 is 0 Å². The molecule has 0 unspecified atom stereocenters. The summed E-state index contributed by atoms with van der Waals surface area (Å²) in [5.41, 5.74) is 1.21. The molecule has 132 valence electrons. The molecule has 1 heterocycles. The van der Waals surface area contributed by atoms with Gasteiger partial charge in [0, 0.05) is 19.1 Å². The molecule has 3 nitrogen and oxygen atoms in total. The van der Waals surface area contributed by atoms with Crippen molar-refractivity contribution in [1.29, 1.82) is 0 Å².